The summed E-state index contributed by atoms with van der Waals surface area (Å²) in [5.41, 5.74) is 0.504. The highest BCUT2D eigenvalue weighted by atomic mass is 19.2. The van der Waals surface area contributed by atoms with Gasteiger partial charge in [-0.05, 0) is 125 Å². The highest BCUT2D eigenvalue weighted by Gasteiger charge is 2.31. The molecular formula is C31H46F2O2. The van der Waals surface area contributed by atoms with E-state index in [1.807, 2.05) is 6.92 Å². The van der Waals surface area contributed by atoms with Gasteiger partial charge < -0.3 is 9.47 Å². The van der Waals surface area contributed by atoms with Crippen LogP contribution in [0.3, 0.4) is 0 Å². The smallest absolute Gasteiger partial charge is 0.200 e. The number of halogens is 2. The molecule has 4 rings (SSSR count). The number of rotatable bonds is 10. The van der Waals surface area contributed by atoms with Gasteiger partial charge in [0.1, 0.15) is 0 Å². The van der Waals surface area contributed by atoms with E-state index in [-0.39, 0.29) is 17.8 Å². The summed E-state index contributed by atoms with van der Waals surface area (Å²) in [5.74, 6) is 1.86. The quantitative estimate of drug-likeness (QED) is 0.242. The maximum absolute atomic E-state index is 14.8. The number of ether oxygens (including phenoxy) is 2. The second-order valence-corrected chi connectivity index (χ2v) is 11.5. The van der Waals surface area contributed by atoms with Crippen molar-refractivity contribution in [3.05, 3.63) is 42.0 Å². The number of allylic oxidation sites excluding steroid dienone is 1. The average molecular weight is 489 g/mol. The first-order valence-electron chi connectivity index (χ1n) is 14.4. The highest BCUT2D eigenvalue weighted by Crippen LogP contribution is 2.42. The molecule has 0 N–H and O–H groups in total. The van der Waals surface area contributed by atoms with E-state index >= 15 is 0 Å². The van der Waals surface area contributed by atoms with Crippen LogP contribution in [0.5, 0.6) is 5.75 Å². The first kappa shape index (κ1) is 26.6. The lowest BCUT2D eigenvalue weighted by Crippen LogP contribution is -2.28. The van der Waals surface area contributed by atoms with Crippen molar-refractivity contribution in [3.8, 4) is 5.75 Å². The van der Waals surface area contributed by atoms with E-state index in [1.165, 1.54) is 51.4 Å². The van der Waals surface area contributed by atoms with Gasteiger partial charge in [0.2, 0.25) is 5.82 Å². The van der Waals surface area contributed by atoms with E-state index in [1.54, 1.807) is 12.1 Å². The lowest BCUT2D eigenvalue weighted by molar-refractivity contribution is -0.00771. The summed E-state index contributed by atoms with van der Waals surface area (Å²) in [5, 5.41) is 0. The maximum Gasteiger partial charge on any atom is 0.200 e. The summed E-state index contributed by atoms with van der Waals surface area (Å²) in [4.78, 5) is 0. The van der Waals surface area contributed by atoms with E-state index in [0.717, 1.165) is 62.9 Å². The molecule has 0 atom stereocenters. The van der Waals surface area contributed by atoms with Crippen molar-refractivity contribution < 1.29 is 18.3 Å². The molecule has 0 saturated heterocycles. The second kappa shape index (κ2) is 13.2. The lowest BCUT2D eigenvalue weighted by Gasteiger charge is -2.38. The number of hydrogen-bond acceptors (Lipinski definition) is 2. The van der Waals surface area contributed by atoms with Gasteiger partial charge >= 0.3 is 0 Å². The molecule has 3 saturated carbocycles. The molecule has 3 fully saturated rings. The Morgan fingerprint density at radius 2 is 1.51 bits per heavy atom. The lowest BCUT2D eigenvalue weighted by atomic mass is 9.69. The van der Waals surface area contributed by atoms with Gasteiger partial charge in [-0.1, -0.05) is 25.5 Å². The second-order valence-electron chi connectivity index (χ2n) is 11.5. The Balaban J connectivity index is 1.16. The molecule has 0 bridgehead atoms. The monoisotopic (exact) mass is 488 g/mol. The van der Waals surface area contributed by atoms with Crippen LogP contribution in [0, 0.1) is 35.3 Å². The predicted molar refractivity (Wildman–Crippen MR) is 139 cm³/mol. The zero-order valence-electron chi connectivity index (χ0n) is 21.8. The highest BCUT2D eigenvalue weighted by molar-refractivity contribution is 5.33. The van der Waals surface area contributed by atoms with Crippen molar-refractivity contribution in [1.29, 1.82) is 0 Å². The van der Waals surface area contributed by atoms with Gasteiger partial charge in [0.15, 0.2) is 11.6 Å². The van der Waals surface area contributed by atoms with Crippen LogP contribution in [0.15, 0.2) is 24.8 Å². The van der Waals surface area contributed by atoms with Crippen LogP contribution in [0.25, 0.3) is 0 Å². The van der Waals surface area contributed by atoms with Crippen LogP contribution in [0.1, 0.15) is 108 Å². The first-order chi connectivity index (χ1) is 17.1. The molecule has 0 aromatic heterocycles. The molecule has 0 heterocycles. The molecule has 2 nitrogen and oxygen atoms in total. The topological polar surface area (TPSA) is 18.5 Å². The van der Waals surface area contributed by atoms with Crippen LogP contribution in [0.2, 0.25) is 0 Å². The summed E-state index contributed by atoms with van der Waals surface area (Å²) in [6, 6.07) is 3.33. The molecule has 0 spiro atoms. The maximum atomic E-state index is 14.8. The van der Waals surface area contributed by atoms with E-state index in [4.69, 9.17) is 9.47 Å². The van der Waals surface area contributed by atoms with Gasteiger partial charge in [0.25, 0.3) is 0 Å². The van der Waals surface area contributed by atoms with Crippen LogP contribution >= 0.6 is 0 Å². The van der Waals surface area contributed by atoms with E-state index in [2.05, 4.69) is 12.7 Å². The Hall–Kier alpha value is -1.42. The van der Waals surface area contributed by atoms with Gasteiger partial charge in [-0.2, -0.15) is 4.39 Å². The molecule has 0 amide bonds. The summed E-state index contributed by atoms with van der Waals surface area (Å²) >= 11 is 0. The molecule has 0 unspecified atom stereocenters. The minimum absolute atomic E-state index is 0.0379. The van der Waals surface area contributed by atoms with Crippen molar-refractivity contribution in [1.82, 2.24) is 0 Å². The fourth-order valence-corrected chi connectivity index (χ4v) is 6.79. The van der Waals surface area contributed by atoms with Gasteiger partial charge in [0, 0.05) is 6.61 Å². The normalized spacial score (nSPS) is 31.7. The molecule has 4 heteroatoms. The molecule has 3 aliphatic rings. The minimum atomic E-state index is -0.832. The molecule has 3 aliphatic carbocycles. The fraction of sp³-hybridized carbons (Fsp3) is 0.742. The first-order valence-corrected chi connectivity index (χ1v) is 14.4. The third-order valence-electron chi connectivity index (χ3n) is 9.22. The van der Waals surface area contributed by atoms with Crippen LogP contribution in [-0.2, 0) is 4.74 Å². The largest absolute Gasteiger partial charge is 0.490 e. The number of benzene rings is 1. The van der Waals surface area contributed by atoms with Crippen LogP contribution < -0.4 is 4.74 Å². The third kappa shape index (κ3) is 7.08. The summed E-state index contributed by atoms with van der Waals surface area (Å²) < 4.78 is 41.0. The summed E-state index contributed by atoms with van der Waals surface area (Å²) in [6.07, 6.45) is 18.6. The van der Waals surface area contributed by atoms with Gasteiger partial charge in [-0.25, -0.2) is 4.39 Å². The Bertz CT molecular complexity index is 785. The Labute approximate surface area is 211 Å². The summed E-state index contributed by atoms with van der Waals surface area (Å²) in [6.45, 7) is 7.32. The predicted octanol–water partition coefficient (Wildman–Crippen LogP) is 8.99. The molecular weight excluding hydrogens is 442 g/mol. The van der Waals surface area contributed by atoms with Crippen LogP contribution in [0.4, 0.5) is 8.78 Å². The standard InChI is InChI=1S/C31H46F2O2/c1-3-5-20-34-29-19-18-28(30(32)31(29)33)26-14-16-27(17-15-26)35-21-23-8-12-25(13-9-23)24-10-6-22(4-2)7-11-24/h4,18-19,22-27H,2-3,5-17,20-21H2,1H3. The Morgan fingerprint density at radius 3 is 2.14 bits per heavy atom. The molecule has 35 heavy (non-hydrogen) atoms. The van der Waals surface area contributed by atoms with Crippen molar-refractivity contribution in [2.45, 2.75) is 109 Å². The molecule has 0 aliphatic heterocycles. The van der Waals surface area contributed by atoms with Crippen molar-refractivity contribution in [2.24, 2.45) is 23.7 Å². The molecule has 196 valence electrons. The van der Waals surface area contributed by atoms with Crippen molar-refractivity contribution in [2.75, 3.05) is 13.2 Å². The molecule has 0 radical (unpaired) electrons. The number of unbranched alkanes of at least 4 members (excludes halogenated alkanes) is 1. The zero-order valence-corrected chi connectivity index (χ0v) is 21.8. The minimum Gasteiger partial charge on any atom is -0.490 e. The van der Waals surface area contributed by atoms with E-state index < -0.39 is 11.6 Å². The summed E-state index contributed by atoms with van der Waals surface area (Å²) in [7, 11) is 0. The zero-order chi connectivity index (χ0) is 24.6. The SMILES string of the molecule is C=CC1CCC(C2CCC(COC3CCC(c4ccc(OCCCC)c(F)c4F)CC3)CC2)CC1. The van der Waals surface area contributed by atoms with Crippen molar-refractivity contribution in [3.63, 3.8) is 0 Å². The molecule has 1 aromatic carbocycles. The Morgan fingerprint density at radius 1 is 0.857 bits per heavy atom. The van der Waals surface area contributed by atoms with Crippen molar-refractivity contribution >= 4 is 0 Å². The van der Waals surface area contributed by atoms with Crippen LogP contribution in [-0.4, -0.2) is 19.3 Å². The van der Waals surface area contributed by atoms with E-state index in [9.17, 15) is 8.78 Å². The Kier molecular flexibility index (Phi) is 10.1. The van der Waals surface area contributed by atoms with Gasteiger partial charge in [-0.3, -0.25) is 0 Å². The molecule has 1 aromatic rings. The van der Waals surface area contributed by atoms with Gasteiger partial charge in [-0.15, -0.1) is 6.58 Å². The number of hydrogen-bond donors (Lipinski definition) is 0. The van der Waals surface area contributed by atoms with E-state index in [0.29, 0.717) is 18.1 Å². The fourth-order valence-electron chi connectivity index (χ4n) is 6.79. The third-order valence-corrected chi connectivity index (χ3v) is 9.22. The average Bonchev–Trinajstić information content (AvgIpc) is 2.91. The van der Waals surface area contributed by atoms with Gasteiger partial charge in [0.05, 0.1) is 12.7 Å².